The number of ether oxygens (including phenoxy) is 1. The molecule has 1 fully saturated rings. The molecule has 1 aliphatic rings. The number of morpholine rings is 1. The van der Waals surface area contributed by atoms with Crippen LogP contribution in [0.2, 0.25) is 0 Å². The molecule has 1 saturated heterocycles. The highest BCUT2D eigenvalue weighted by Gasteiger charge is 2.25. The van der Waals surface area contributed by atoms with Gasteiger partial charge in [0.2, 0.25) is 5.91 Å². The van der Waals surface area contributed by atoms with E-state index >= 15 is 0 Å². The fraction of sp³-hybridized carbons (Fsp3) is 0.333. The Balaban J connectivity index is 1.39. The Morgan fingerprint density at radius 1 is 1.20 bits per heavy atom. The molecular weight excluding hydrogens is 318 g/mol. The van der Waals surface area contributed by atoms with Crippen LogP contribution in [0.5, 0.6) is 0 Å². The Bertz CT molecular complexity index is 864. The van der Waals surface area contributed by atoms with Crippen molar-refractivity contribution < 1.29 is 9.53 Å². The second kappa shape index (κ2) is 6.98. The number of hydrogen-bond acceptors (Lipinski definition) is 5. The van der Waals surface area contributed by atoms with Gasteiger partial charge in [0.25, 0.3) is 0 Å². The summed E-state index contributed by atoms with van der Waals surface area (Å²) in [6, 6.07) is 11.6. The van der Waals surface area contributed by atoms with Gasteiger partial charge < -0.3 is 9.64 Å². The Hall–Kier alpha value is -2.80. The highest BCUT2D eigenvalue weighted by atomic mass is 16.5. The van der Waals surface area contributed by atoms with Crippen LogP contribution in [0.4, 0.5) is 0 Å². The van der Waals surface area contributed by atoms with Crippen molar-refractivity contribution in [2.24, 2.45) is 0 Å². The molecule has 7 nitrogen and oxygen atoms in total. The fourth-order valence-electron chi connectivity index (χ4n) is 3.10. The molecule has 1 atom stereocenters. The summed E-state index contributed by atoms with van der Waals surface area (Å²) in [5.74, 6) is 0.113. The number of aromatic nitrogens is 4. The predicted octanol–water partition coefficient (Wildman–Crippen LogP) is 1.82. The predicted molar refractivity (Wildman–Crippen MR) is 91.7 cm³/mol. The maximum Gasteiger partial charge on any atom is 0.224 e. The van der Waals surface area contributed by atoms with Gasteiger partial charge in [-0.3, -0.25) is 9.78 Å². The molecule has 7 heteroatoms. The molecule has 0 aliphatic carbocycles. The maximum atomic E-state index is 12.6. The summed E-state index contributed by atoms with van der Waals surface area (Å²) in [5, 5.41) is 8.26. The molecule has 4 rings (SSSR count). The summed E-state index contributed by atoms with van der Waals surface area (Å²) < 4.78 is 7.59. The van der Waals surface area contributed by atoms with E-state index in [-0.39, 0.29) is 12.0 Å². The highest BCUT2D eigenvalue weighted by Crippen LogP contribution is 2.22. The van der Waals surface area contributed by atoms with Gasteiger partial charge in [-0.05, 0) is 29.8 Å². The van der Waals surface area contributed by atoms with Gasteiger partial charge in [-0.1, -0.05) is 17.3 Å². The van der Waals surface area contributed by atoms with E-state index < -0.39 is 0 Å². The van der Waals surface area contributed by atoms with Crippen molar-refractivity contribution in [3.63, 3.8) is 0 Å². The Morgan fingerprint density at radius 2 is 2.04 bits per heavy atom. The Kier molecular flexibility index (Phi) is 4.39. The van der Waals surface area contributed by atoms with Gasteiger partial charge in [0, 0.05) is 25.4 Å². The van der Waals surface area contributed by atoms with Gasteiger partial charge in [-0.15, -0.1) is 5.10 Å². The first-order valence-electron chi connectivity index (χ1n) is 8.39. The molecule has 2 aromatic heterocycles. The first-order valence-corrected chi connectivity index (χ1v) is 8.39. The van der Waals surface area contributed by atoms with E-state index in [2.05, 4.69) is 15.3 Å². The summed E-state index contributed by atoms with van der Waals surface area (Å²) in [7, 11) is 0. The summed E-state index contributed by atoms with van der Waals surface area (Å²) in [4.78, 5) is 18.5. The molecule has 0 N–H and O–H groups in total. The minimum absolute atomic E-state index is 0.0899. The lowest BCUT2D eigenvalue weighted by atomic mass is 10.1. The number of fused-ring (bicyclic) bond motifs is 1. The van der Waals surface area contributed by atoms with Crippen LogP contribution in [0.25, 0.3) is 11.0 Å². The highest BCUT2D eigenvalue weighted by molar-refractivity contribution is 5.77. The van der Waals surface area contributed by atoms with Crippen LogP contribution in [0.1, 0.15) is 18.1 Å². The number of pyridine rings is 1. The monoisotopic (exact) mass is 337 g/mol. The molecule has 0 bridgehead atoms. The summed E-state index contributed by atoms with van der Waals surface area (Å²) in [6.07, 6.45) is 3.80. The van der Waals surface area contributed by atoms with E-state index in [1.165, 1.54) is 0 Å². The lowest BCUT2D eigenvalue weighted by Crippen LogP contribution is -2.42. The normalized spacial score (nSPS) is 17.8. The number of para-hydroxylation sites is 1. The van der Waals surface area contributed by atoms with Crippen LogP contribution in [0, 0.1) is 0 Å². The zero-order valence-electron chi connectivity index (χ0n) is 13.8. The summed E-state index contributed by atoms with van der Waals surface area (Å²) in [6.45, 7) is 2.26. The van der Waals surface area contributed by atoms with Crippen LogP contribution in [0.15, 0.2) is 48.8 Å². The van der Waals surface area contributed by atoms with E-state index in [1.807, 2.05) is 41.3 Å². The molecule has 0 saturated carbocycles. The second-order valence-corrected chi connectivity index (χ2v) is 6.03. The number of amides is 1. The Morgan fingerprint density at radius 3 is 2.92 bits per heavy atom. The molecule has 25 heavy (non-hydrogen) atoms. The van der Waals surface area contributed by atoms with E-state index in [4.69, 9.17) is 4.74 Å². The molecule has 3 aromatic rings. The van der Waals surface area contributed by atoms with Gasteiger partial charge in [-0.25, -0.2) is 4.68 Å². The van der Waals surface area contributed by atoms with Crippen LogP contribution in [-0.2, 0) is 16.1 Å². The number of aryl methyl sites for hydroxylation is 1. The summed E-state index contributed by atoms with van der Waals surface area (Å²) >= 11 is 0. The molecule has 1 amide bonds. The van der Waals surface area contributed by atoms with Crippen LogP contribution < -0.4 is 0 Å². The molecule has 1 aliphatic heterocycles. The SMILES string of the molecule is O=C(CCn1nnc2ccccc21)N1CCO[C@@H](c2ccncc2)C1. The van der Waals surface area contributed by atoms with Crippen molar-refractivity contribution in [1.29, 1.82) is 0 Å². The van der Waals surface area contributed by atoms with Crippen molar-refractivity contribution >= 4 is 16.9 Å². The van der Waals surface area contributed by atoms with E-state index in [9.17, 15) is 4.79 Å². The minimum Gasteiger partial charge on any atom is -0.370 e. The smallest absolute Gasteiger partial charge is 0.224 e. The molecule has 0 unspecified atom stereocenters. The minimum atomic E-state index is -0.0899. The van der Waals surface area contributed by atoms with Crippen LogP contribution >= 0.6 is 0 Å². The van der Waals surface area contributed by atoms with Crippen molar-refractivity contribution in [3.8, 4) is 0 Å². The molecule has 128 valence electrons. The van der Waals surface area contributed by atoms with Gasteiger partial charge >= 0.3 is 0 Å². The van der Waals surface area contributed by atoms with Crippen molar-refractivity contribution in [2.75, 3.05) is 19.7 Å². The third-order valence-electron chi connectivity index (χ3n) is 4.45. The second-order valence-electron chi connectivity index (χ2n) is 6.03. The van der Waals surface area contributed by atoms with Gasteiger partial charge in [0.05, 0.1) is 25.2 Å². The average molecular weight is 337 g/mol. The molecule has 0 radical (unpaired) electrons. The summed E-state index contributed by atoms with van der Waals surface area (Å²) in [5.41, 5.74) is 2.85. The van der Waals surface area contributed by atoms with Gasteiger partial charge in [0.15, 0.2) is 0 Å². The fourth-order valence-corrected chi connectivity index (χ4v) is 3.10. The van der Waals surface area contributed by atoms with E-state index in [0.29, 0.717) is 32.7 Å². The molecule has 3 heterocycles. The third kappa shape index (κ3) is 3.36. The number of nitrogens with zero attached hydrogens (tertiary/aromatic N) is 5. The van der Waals surface area contributed by atoms with E-state index in [1.54, 1.807) is 17.1 Å². The number of carbonyl (C=O) groups is 1. The average Bonchev–Trinajstić information content (AvgIpc) is 3.10. The van der Waals surface area contributed by atoms with Crippen molar-refractivity contribution in [3.05, 3.63) is 54.4 Å². The number of rotatable bonds is 4. The molecule has 1 aromatic carbocycles. The molecular formula is C18H19N5O2. The first-order chi connectivity index (χ1) is 12.3. The third-order valence-corrected chi connectivity index (χ3v) is 4.45. The topological polar surface area (TPSA) is 73.1 Å². The number of benzene rings is 1. The maximum absolute atomic E-state index is 12.6. The van der Waals surface area contributed by atoms with E-state index in [0.717, 1.165) is 16.6 Å². The van der Waals surface area contributed by atoms with Crippen LogP contribution in [-0.4, -0.2) is 50.5 Å². The standard InChI is InChI=1S/C18H19N5O2/c24-18(7-10-23-16-4-2-1-3-15(16)20-21-23)22-11-12-25-17(13-22)14-5-8-19-9-6-14/h1-6,8-9,17H,7,10-13H2/t17-/m1/s1. The van der Waals surface area contributed by atoms with Gasteiger partial charge in [0.1, 0.15) is 11.6 Å². The zero-order valence-corrected chi connectivity index (χ0v) is 13.8. The number of carbonyl (C=O) groups excluding carboxylic acids is 1. The van der Waals surface area contributed by atoms with Crippen LogP contribution in [0.3, 0.4) is 0 Å². The van der Waals surface area contributed by atoms with Crippen molar-refractivity contribution in [2.45, 2.75) is 19.1 Å². The molecule has 0 spiro atoms. The lowest BCUT2D eigenvalue weighted by Gasteiger charge is -2.33. The quantitative estimate of drug-likeness (QED) is 0.726. The lowest BCUT2D eigenvalue weighted by molar-refractivity contribution is -0.139. The Labute approximate surface area is 145 Å². The number of hydrogen-bond donors (Lipinski definition) is 0. The zero-order chi connectivity index (χ0) is 17.1. The largest absolute Gasteiger partial charge is 0.370 e. The first kappa shape index (κ1) is 15.7. The van der Waals surface area contributed by atoms with Crippen molar-refractivity contribution in [1.82, 2.24) is 24.9 Å². The van der Waals surface area contributed by atoms with Gasteiger partial charge in [-0.2, -0.15) is 0 Å².